The Labute approximate surface area is 110 Å². The van der Waals surface area contributed by atoms with E-state index in [1.165, 1.54) is 0 Å². The van der Waals surface area contributed by atoms with Crippen LogP contribution >= 0.6 is 0 Å². The molecule has 1 heterocycles. The van der Waals surface area contributed by atoms with Gasteiger partial charge in [0.05, 0.1) is 5.41 Å². The van der Waals surface area contributed by atoms with E-state index in [9.17, 15) is 13.6 Å². The molecule has 0 radical (unpaired) electrons. The van der Waals surface area contributed by atoms with Crippen molar-refractivity contribution in [1.82, 2.24) is 4.98 Å². The first-order chi connectivity index (χ1) is 9.13. The average molecular weight is 266 g/mol. The van der Waals surface area contributed by atoms with E-state index in [-0.39, 0.29) is 5.91 Å². The molecule has 0 aromatic carbocycles. The molecule has 19 heavy (non-hydrogen) atoms. The Bertz CT molecular complexity index is 488. The first kappa shape index (κ1) is 12.5. The fourth-order valence-electron chi connectivity index (χ4n) is 3.73. The Kier molecular flexibility index (Phi) is 2.99. The zero-order chi connectivity index (χ0) is 13.5. The van der Waals surface area contributed by atoms with E-state index in [4.69, 9.17) is 0 Å². The maximum Gasteiger partial charge on any atom is 0.239 e. The minimum absolute atomic E-state index is 0.238. The van der Waals surface area contributed by atoms with Crippen molar-refractivity contribution in [3.8, 4) is 0 Å². The molecule has 2 fully saturated rings. The molecule has 1 aromatic heterocycles. The highest BCUT2D eigenvalue weighted by Crippen LogP contribution is 2.54. The Morgan fingerprint density at radius 2 is 2.00 bits per heavy atom. The summed E-state index contributed by atoms with van der Waals surface area (Å²) in [4.78, 5) is 15.8. The van der Waals surface area contributed by atoms with Crippen molar-refractivity contribution in [3.05, 3.63) is 24.0 Å². The third kappa shape index (κ3) is 1.91. The van der Waals surface area contributed by atoms with Crippen molar-refractivity contribution < 1.29 is 13.6 Å². The number of nitrogens with one attached hydrogen (secondary N) is 1. The number of aromatic nitrogens is 1. The van der Waals surface area contributed by atoms with Crippen LogP contribution in [0.1, 0.15) is 38.5 Å². The van der Waals surface area contributed by atoms with Gasteiger partial charge in [-0.25, -0.2) is 9.37 Å². The van der Waals surface area contributed by atoms with Crippen molar-refractivity contribution in [1.29, 1.82) is 0 Å². The highest BCUT2D eigenvalue weighted by atomic mass is 19.1. The zero-order valence-corrected chi connectivity index (χ0v) is 10.6. The van der Waals surface area contributed by atoms with E-state index < -0.39 is 22.9 Å². The molecule has 3 rings (SSSR count). The fourth-order valence-corrected chi connectivity index (χ4v) is 3.73. The quantitative estimate of drug-likeness (QED) is 0.835. The lowest BCUT2D eigenvalue weighted by molar-refractivity contribution is -0.126. The summed E-state index contributed by atoms with van der Waals surface area (Å²) in [6, 6.07) is 1.05. The Morgan fingerprint density at radius 3 is 2.63 bits per heavy atom. The number of fused-ring (bicyclic) bond motifs is 1. The number of hydrogen-bond donors (Lipinski definition) is 1. The first-order valence-corrected chi connectivity index (χ1v) is 6.75. The lowest BCUT2D eigenvalue weighted by Crippen LogP contribution is -2.36. The summed E-state index contributed by atoms with van der Waals surface area (Å²) in [5, 5.41) is 2.43. The molecular formula is C14H16F2N2O. The Morgan fingerprint density at radius 1 is 1.32 bits per heavy atom. The molecule has 2 aliphatic rings. The Hall–Kier alpha value is -1.52. The zero-order valence-electron chi connectivity index (χ0n) is 10.6. The number of halogens is 2. The summed E-state index contributed by atoms with van der Waals surface area (Å²) in [5.74, 6) is -1.60. The average Bonchev–Trinajstić information content (AvgIpc) is 2.93. The number of hydrogen-bond acceptors (Lipinski definition) is 2. The molecule has 0 unspecified atom stereocenters. The third-order valence-corrected chi connectivity index (χ3v) is 4.68. The highest BCUT2D eigenvalue weighted by molar-refractivity contribution is 5.96. The SMILES string of the molecule is O=C(Nc1c(F)ccnc1F)C12CCCC1CCC2. The standard InChI is InChI=1S/C14H16F2N2O/c15-10-5-8-17-12(16)11(10)18-13(19)14-6-1-3-9(14)4-2-7-14/h5,8-9H,1-4,6-7H2,(H,18,19). The van der Waals surface area contributed by atoms with Gasteiger partial charge < -0.3 is 5.32 Å². The van der Waals surface area contributed by atoms with Crippen LogP contribution in [-0.4, -0.2) is 10.9 Å². The number of carbonyl (C=O) groups is 1. The van der Waals surface area contributed by atoms with E-state index in [2.05, 4.69) is 10.3 Å². The van der Waals surface area contributed by atoms with Crippen LogP contribution < -0.4 is 5.32 Å². The molecule has 1 N–H and O–H groups in total. The van der Waals surface area contributed by atoms with Crippen molar-refractivity contribution >= 4 is 11.6 Å². The van der Waals surface area contributed by atoms with Crippen LogP contribution in [0.2, 0.25) is 0 Å². The lowest BCUT2D eigenvalue weighted by atomic mass is 9.79. The second-order valence-electron chi connectivity index (χ2n) is 5.55. The summed E-state index contributed by atoms with van der Waals surface area (Å²) in [7, 11) is 0. The normalized spacial score (nSPS) is 29.3. The van der Waals surface area contributed by atoms with E-state index in [1.807, 2.05) is 0 Å². The van der Waals surface area contributed by atoms with E-state index >= 15 is 0 Å². The number of carbonyl (C=O) groups excluding carboxylic acids is 1. The van der Waals surface area contributed by atoms with Crippen molar-refractivity contribution in [2.75, 3.05) is 5.32 Å². The number of pyridine rings is 1. The van der Waals surface area contributed by atoms with Crippen LogP contribution in [0.3, 0.4) is 0 Å². The minimum atomic E-state index is -0.961. The number of rotatable bonds is 2. The predicted octanol–water partition coefficient (Wildman–Crippen LogP) is 3.27. The van der Waals surface area contributed by atoms with Crippen LogP contribution in [0, 0.1) is 23.1 Å². The van der Waals surface area contributed by atoms with Crippen LogP contribution in [0.25, 0.3) is 0 Å². The van der Waals surface area contributed by atoms with Gasteiger partial charge in [-0.1, -0.05) is 12.8 Å². The van der Waals surface area contributed by atoms with Crippen LogP contribution in [0.15, 0.2) is 12.3 Å². The largest absolute Gasteiger partial charge is 0.319 e. The summed E-state index contributed by atoms with van der Waals surface area (Å²) in [6.07, 6.45) is 6.84. The van der Waals surface area contributed by atoms with Gasteiger partial charge in [0.15, 0.2) is 5.82 Å². The van der Waals surface area contributed by atoms with Gasteiger partial charge in [0.25, 0.3) is 0 Å². The molecule has 0 saturated heterocycles. The predicted molar refractivity (Wildman–Crippen MR) is 66.4 cm³/mol. The molecule has 5 heteroatoms. The first-order valence-electron chi connectivity index (χ1n) is 6.75. The molecule has 102 valence electrons. The number of nitrogens with zero attached hydrogens (tertiary/aromatic N) is 1. The smallest absolute Gasteiger partial charge is 0.239 e. The lowest BCUT2D eigenvalue weighted by Gasteiger charge is -2.27. The molecule has 2 aliphatic carbocycles. The summed E-state index contributed by atoms with van der Waals surface area (Å²) in [6.45, 7) is 0. The summed E-state index contributed by atoms with van der Waals surface area (Å²) < 4.78 is 27.0. The summed E-state index contributed by atoms with van der Waals surface area (Å²) >= 11 is 0. The van der Waals surface area contributed by atoms with Crippen molar-refractivity contribution in [2.45, 2.75) is 38.5 Å². The second-order valence-corrected chi connectivity index (χ2v) is 5.55. The number of anilines is 1. The van der Waals surface area contributed by atoms with Gasteiger partial charge in [0, 0.05) is 6.20 Å². The maximum absolute atomic E-state index is 13.5. The van der Waals surface area contributed by atoms with Crippen molar-refractivity contribution in [3.63, 3.8) is 0 Å². The van der Waals surface area contributed by atoms with Gasteiger partial charge in [-0.3, -0.25) is 4.79 Å². The van der Waals surface area contributed by atoms with E-state index in [1.54, 1.807) is 0 Å². The minimum Gasteiger partial charge on any atom is -0.319 e. The molecule has 1 aromatic rings. The van der Waals surface area contributed by atoms with Crippen LogP contribution in [0.5, 0.6) is 0 Å². The molecule has 0 atom stereocenters. The van der Waals surface area contributed by atoms with Gasteiger partial charge in [-0.05, 0) is 37.7 Å². The molecular weight excluding hydrogens is 250 g/mol. The van der Waals surface area contributed by atoms with Crippen LogP contribution in [-0.2, 0) is 4.79 Å². The third-order valence-electron chi connectivity index (χ3n) is 4.68. The molecule has 0 spiro atoms. The monoisotopic (exact) mass is 266 g/mol. The van der Waals surface area contributed by atoms with E-state index in [0.717, 1.165) is 50.8 Å². The molecule has 3 nitrogen and oxygen atoms in total. The topological polar surface area (TPSA) is 42.0 Å². The fraction of sp³-hybridized carbons (Fsp3) is 0.571. The summed E-state index contributed by atoms with van der Waals surface area (Å²) in [5.41, 5.74) is -0.825. The molecule has 0 bridgehead atoms. The van der Waals surface area contributed by atoms with Crippen LogP contribution in [0.4, 0.5) is 14.5 Å². The molecule has 0 aliphatic heterocycles. The molecule has 1 amide bonds. The molecule has 2 saturated carbocycles. The van der Waals surface area contributed by atoms with Gasteiger partial charge in [-0.15, -0.1) is 0 Å². The Balaban J connectivity index is 1.86. The highest BCUT2D eigenvalue weighted by Gasteiger charge is 2.51. The van der Waals surface area contributed by atoms with Crippen molar-refractivity contribution in [2.24, 2.45) is 11.3 Å². The van der Waals surface area contributed by atoms with Gasteiger partial charge in [-0.2, -0.15) is 4.39 Å². The maximum atomic E-state index is 13.5. The second kappa shape index (κ2) is 4.54. The number of amides is 1. The van der Waals surface area contributed by atoms with Gasteiger partial charge in [0.1, 0.15) is 5.69 Å². The van der Waals surface area contributed by atoms with Gasteiger partial charge >= 0.3 is 0 Å². The van der Waals surface area contributed by atoms with E-state index in [0.29, 0.717) is 5.92 Å². The van der Waals surface area contributed by atoms with Gasteiger partial charge in [0.2, 0.25) is 11.9 Å².